The Bertz CT molecular complexity index is 1840. The van der Waals surface area contributed by atoms with Crippen LogP contribution in [0.25, 0.3) is 21.8 Å². The summed E-state index contributed by atoms with van der Waals surface area (Å²) in [5.74, 6) is 0.451. The number of carbonyl (C=O) groups excluding carboxylic acids is 2. The molecule has 5 aliphatic rings. The Labute approximate surface area is 272 Å². The van der Waals surface area contributed by atoms with E-state index in [1.54, 1.807) is 13.8 Å². The largest absolute Gasteiger partial charge is 0.363 e. The molecule has 1 aromatic carbocycles. The number of ketones is 2. The van der Waals surface area contributed by atoms with E-state index >= 15 is 0 Å². The number of nitrogens with one attached hydrogen (secondary N) is 1. The molecule has 1 aliphatic carbocycles. The number of H-pyrrole nitrogens is 1. The molecule has 1 unspecified atom stereocenters. The first-order valence-corrected chi connectivity index (χ1v) is 17.7. The molecule has 5 atom stereocenters. The number of allylic oxidation sites excluding steroid dienone is 5. The fraction of sp³-hybridized carbons (Fsp3) is 0.475. The van der Waals surface area contributed by atoms with E-state index in [-0.39, 0.29) is 29.4 Å². The zero-order chi connectivity index (χ0) is 31.4. The zero-order valence-electron chi connectivity index (χ0n) is 27.4. The molecule has 6 nitrogen and oxygen atoms in total. The highest BCUT2D eigenvalue weighted by Gasteiger charge is 2.64. The quantitative estimate of drug-likeness (QED) is 0.305. The normalized spacial score (nSPS) is 31.8. The van der Waals surface area contributed by atoms with E-state index in [0.29, 0.717) is 0 Å². The average molecular weight is 615 g/mol. The second-order valence-corrected chi connectivity index (χ2v) is 14.3. The molecule has 6 heteroatoms. The van der Waals surface area contributed by atoms with E-state index in [9.17, 15) is 9.59 Å². The number of para-hydroxylation sites is 1. The summed E-state index contributed by atoms with van der Waals surface area (Å²) in [6.45, 7) is 7.26. The van der Waals surface area contributed by atoms with Crippen molar-refractivity contribution in [3.05, 3.63) is 88.9 Å². The summed E-state index contributed by atoms with van der Waals surface area (Å²) in [5.41, 5.74) is 6.96. The minimum absolute atomic E-state index is 0.0599. The monoisotopic (exact) mass is 614 g/mol. The van der Waals surface area contributed by atoms with Gasteiger partial charge in [-0.3, -0.25) is 14.6 Å². The van der Waals surface area contributed by atoms with E-state index in [2.05, 4.69) is 69.4 Å². The van der Waals surface area contributed by atoms with Crippen LogP contribution in [0.4, 0.5) is 0 Å². The zero-order valence-corrected chi connectivity index (χ0v) is 27.4. The van der Waals surface area contributed by atoms with Gasteiger partial charge in [-0.25, -0.2) is 0 Å². The maximum Gasteiger partial charge on any atom is 0.161 e. The van der Waals surface area contributed by atoms with Gasteiger partial charge in [0.05, 0.1) is 22.9 Å². The summed E-state index contributed by atoms with van der Waals surface area (Å²) in [6, 6.07) is 10.8. The van der Waals surface area contributed by atoms with Crippen LogP contribution < -0.4 is 0 Å². The first-order chi connectivity index (χ1) is 22.5. The molecule has 6 heterocycles. The number of Topliss-reactive ketones (excluding diaryl/α,β-unsaturated/α-hetero) is 2. The number of hydrogen-bond acceptors (Lipinski definition) is 5. The number of pyridine rings is 1. The Morgan fingerprint density at radius 1 is 0.913 bits per heavy atom. The highest BCUT2D eigenvalue weighted by Crippen LogP contribution is 2.63. The van der Waals surface area contributed by atoms with Gasteiger partial charge in [-0.1, -0.05) is 42.5 Å². The molecule has 1 spiro atoms. The second kappa shape index (κ2) is 11.8. The molecule has 0 radical (unpaired) electrons. The fourth-order valence-electron chi connectivity index (χ4n) is 9.99. The first kappa shape index (κ1) is 29.6. The standard InChI is InChI=1S/C40H46N4O2/c1-26(45)29-15-9-7-13-22-44-38(29)35(27(2)46)40-25-43-21-12-6-4-3-5-8-14-28(39(40)44)24-32(33(40)19-23-43)36-37-31(18-20-41-36)30-16-10-11-17-34(30)42-37/h3,5,10-11,15-18,20,24,32-33,39,42H,4,6-9,12-14,19,21-23,25H2,1-2H3/b5-3-,29-15-/t32-,33-,39-,40-/m0/s1. The molecule has 1 fully saturated rings. The topological polar surface area (TPSA) is 69.3 Å². The van der Waals surface area contributed by atoms with Crippen LogP contribution in [0.3, 0.4) is 0 Å². The third kappa shape index (κ3) is 4.58. The van der Waals surface area contributed by atoms with Gasteiger partial charge in [0, 0.05) is 58.1 Å². The van der Waals surface area contributed by atoms with E-state index in [1.165, 1.54) is 22.8 Å². The Kier molecular flexibility index (Phi) is 7.59. The van der Waals surface area contributed by atoms with Crippen LogP contribution >= 0.6 is 0 Å². The van der Waals surface area contributed by atoms with Crippen LogP contribution in [0.1, 0.15) is 83.2 Å². The van der Waals surface area contributed by atoms with Crippen LogP contribution in [0.2, 0.25) is 0 Å². The van der Waals surface area contributed by atoms with Crippen molar-refractivity contribution in [3.63, 3.8) is 0 Å². The van der Waals surface area contributed by atoms with E-state index in [4.69, 9.17) is 4.98 Å². The van der Waals surface area contributed by atoms with Gasteiger partial charge in [-0.2, -0.15) is 0 Å². The van der Waals surface area contributed by atoms with Crippen molar-refractivity contribution in [2.75, 3.05) is 26.2 Å². The smallest absolute Gasteiger partial charge is 0.161 e. The van der Waals surface area contributed by atoms with Crippen molar-refractivity contribution in [2.45, 2.75) is 83.6 Å². The third-order valence-electron chi connectivity index (χ3n) is 11.7. The van der Waals surface area contributed by atoms with Crippen molar-refractivity contribution in [3.8, 4) is 0 Å². The van der Waals surface area contributed by atoms with Crippen molar-refractivity contribution in [1.82, 2.24) is 19.8 Å². The highest BCUT2D eigenvalue weighted by molar-refractivity contribution is 6.08. The van der Waals surface area contributed by atoms with Gasteiger partial charge in [-0.05, 0) is 108 Å². The predicted molar refractivity (Wildman–Crippen MR) is 184 cm³/mol. The van der Waals surface area contributed by atoms with Gasteiger partial charge in [0.15, 0.2) is 11.6 Å². The lowest BCUT2D eigenvalue weighted by molar-refractivity contribution is -0.116. The number of nitrogens with zero attached hydrogens (tertiary/aromatic N) is 3. The van der Waals surface area contributed by atoms with Crippen LogP contribution in [0.5, 0.6) is 0 Å². The van der Waals surface area contributed by atoms with Crippen molar-refractivity contribution in [2.24, 2.45) is 11.3 Å². The number of piperidine rings is 1. The van der Waals surface area contributed by atoms with Gasteiger partial charge in [0.1, 0.15) is 0 Å². The summed E-state index contributed by atoms with van der Waals surface area (Å²) in [6.07, 6.45) is 20.8. The molecular weight excluding hydrogens is 568 g/mol. The van der Waals surface area contributed by atoms with Crippen LogP contribution in [0.15, 0.2) is 83.2 Å². The molecule has 1 saturated heterocycles. The summed E-state index contributed by atoms with van der Waals surface area (Å²) in [7, 11) is 0. The molecule has 0 amide bonds. The molecule has 1 N–H and O–H groups in total. The maximum atomic E-state index is 14.3. The molecule has 0 saturated carbocycles. The van der Waals surface area contributed by atoms with Crippen molar-refractivity contribution in [1.29, 1.82) is 0 Å². The Hall–Kier alpha value is -3.77. The Balaban J connectivity index is 1.41. The molecule has 238 valence electrons. The number of carbonyl (C=O) groups is 2. The van der Waals surface area contributed by atoms with E-state index < -0.39 is 5.41 Å². The summed E-state index contributed by atoms with van der Waals surface area (Å²) in [5, 5.41) is 2.43. The van der Waals surface area contributed by atoms with E-state index in [1.807, 2.05) is 6.20 Å². The molecule has 3 aromatic rings. The molecule has 4 aliphatic heterocycles. The van der Waals surface area contributed by atoms with Crippen molar-refractivity contribution >= 4 is 33.4 Å². The SMILES string of the molecule is CC(=O)C1=C2/C(C(C)=O)=C\CCCCN2[C@H]2C3=C[C@H](c4nccc5c4[nH]c4ccccc45)[C@@H]4CCN(CCCC/C=C\CC3)C[C@]124. The number of aromatic amines is 1. The number of benzene rings is 1. The van der Waals surface area contributed by atoms with Crippen LogP contribution in [-0.2, 0) is 9.59 Å². The third-order valence-corrected chi connectivity index (χ3v) is 11.7. The molecule has 2 aromatic heterocycles. The van der Waals surface area contributed by atoms with Gasteiger partial charge in [-0.15, -0.1) is 0 Å². The van der Waals surface area contributed by atoms with Crippen LogP contribution in [-0.4, -0.2) is 63.6 Å². The fourth-order valence-corrected chi connectivity index (χ4v) is 9.99. The summed E-state index contributed by atoms with van der Waals surface area (Å²) >= 11 is 0. The Morgan fingerprint density at radius 3 is 2.61 bits per heavy atom. The molecular formula is C40H46N4O2. The second-order valence-electron chi connectivity index (χ2n) is 14.3. The first-order valence-electron chi connectivity index (χ1n) is 17.7. The van der Waals surface area contributed by atoms with E-state index in [0.717, 1.165) is 111 Å². The molecule has 46 heavy (non-hydrogen) atoms. The average Bonchev–Trinajstić information content (AvgIpc) is 3.54. The number of hydrogen-bond donors (Lipinski definition) is 1. The number of rotatable bonds is 3. The lowest BCUT2D eigenvalue weighted by Gasteiger charge is -2.56. The minimum atomic E-state index is -0.416. The number of fused-ring (bicyclic) bond motifs is 5. The maximum absolute atomic E-state index is 14.3. The van der Waals surface area contributed by atoms with Gasteiger partial charge >= 0.3 is 0 Å². The molecule has 8 rings (SSSR count). The minimum Gasteiger partial charge on any atom is -0.363 e. The summed E-state index contributed by atoms with van der Waals surface area (Å²) < 4.78 is 0. The highest BCUT2D eigenvalue weighted by atomic mass is 16.1. The lowest BCUT2D eigenvalue weighted by atomic mass is 9.53. The lowest BCUT2D eigenvalue weighted by Crippen LogP contribution is -2.61. The predicted octanol–water partition coefficient (Wildman–Crippen LogP) is 7.79. The molecule has 3 bridgehead atoms. The van der Waals surface area contributed by atoms with Gasteiger partial charge < -0.3 is 14.8 Å². The number of aromatic nitrogens is 2. The van der Waals surface area contributed by atoms with Gasteiger partial charge in [0.2, 0.25) is 0 Å². The summed E-state index contributed by atoms with van der Waals surface area (Å²) in [4.78, 5) is 41.9. The van der Waals surface area contributed by atoms with Crippen LogP contribution in [0, 0.1) is 11.3 Å². The van der Waals surface area contributed by atoms with Crippen molar-refractivity contribution < 1.29 is 9.59 Å². The van der Waals surface area contributed by atoms with Gasteiger partial charge in [0.25, 0.3) is 0 Å². The Morgan fingerprint density at radius 2 is 1.74 bits per heavy atom.